The zero-order valence-corrected chi connectivity index (χ0v) is 12.1. The summed E-state index contributed by atoms with van der Waals surface area (Å²) in [7, 11) is 1.63. The van der Waals surface area contributed by atoms with Crippen LogP contribution >= 0.6 is 11.3 Å². The quantitative estimate of drug-likeness (QED) is 0.498. The molecule has 0 unspecified atom stereocenters. The van der Waals surface area contributed by atoms with Crippen molar-refractivity contribution >= 4 is 42.5 Å². The average Bonchev–Trinajstić information content (AvgIpc) is 2.53. The highest BCUT2D eigenvalue weighted by molar-refractivity contribution is 7.24. The third kappa shape index (κ3) is 1.87. The topological polar surface area (TPSA) is 39.2 Å². The van der Waals surface area contributed by atoms with Crippen molar-refractivity contribution < 1.29 is 4.74 Å². The maximum atomic E-state index is 12.6. The Morgan fingerprint density at radius 2 is 1.90 bits per heavy atom. The third-order valence-corrected chi connectivity index (χ3v) is 4.65. The second kappa shape index (κ2) is 4.53. The molecule has 2 aromatic heterocycles. The van der Waals surface area contributed by atoms with Gasteiger partial charge in [0.15, 0.2) is 5.43 Å². The summed E-state index contributed by atoms with van der Waals surface area (Å²) >= 11 is 1.54. The summed E-state index contributed by atoms with van der Waals surface area (Å²) in [5.74, 6) is 0.766. The van der Waals surface area contributed by atoms with E-state index in [4.69, 9.17) is 4.74 Å². The molecule has 2 aromatic carbocycles. The molecule has 0 radical (unpaired) electrons. The van der Waals surface area contributed by atoms with E-state index in [1.165, 1.54) is 0 Å². The molecule has 21 heavy (non-hydrogen) atoms. The highest BCUT2D eigenvalue weighted by Crippen LogP contribution is 2.27. The zero-order valence-electron chi connectivity index (χ0n) is 11.3. The minimum Gasteiger partial charge on any atom is -0.497 e. The van der Waals surface area contributed by atoms with E-state index in [0.29, 0.717) is 5.39 Å². The van der Waals surface area contributed by atoms with E-state index in [9.17, 15) is 4.79 Å². The van der Waals surface area contributed by atoms with Crippen LogP contribution in [0, 0.1) is 0 Å². The highest BCUT2D eigenvalue weighted by Gasteiger charge is 2.08. The van der Waals surface area contributed by atoms with Crippen LogP contribution in [0.2, 0.25) is 0 Å². The van der Waals surface area contributed by atoms with Crippen molar-refractivity contribution in [1.82, 2.24) is 4.98 Å². The molecule has 102 valence electrons. The van der Waals surface area contributed by atoms with Crippen LogP contribution in [0.5, 0.6) is 5.75 Å². The Bertz CT molecular complexity index is 1050. The predicted molar refractivity (Wildman–Crippen MR) is 87.5 cm³/mol. The van der Waals surface area contributed by atoms with Crippen molar-refractivity contribution in [2.45, 2.75) is 0 Å². The first-order valence-electron chi connectivity index (χ1n) is 6.56. The fraction of sp³-hybridized carbons (Fsp3) is 0.0588. The lowest BCUT2D eigenvalue weighted by atomic mass is 10.1. The number of hydrogen-bond acceptors (Lipinski definition) is 4. The third-order valence-electron chi connectivity index (χ3n) is 3.57. The predicted octanol–water partition coefficient (Wildman–Crippen LogP) is 3.97. The molecular weight excluding hydrogens is 282 g/mol. The van der Waals surface area contributed by atoms with Gasteiger partial charge >= 0.3 is 0 Å². The van der Waals surface area contributed by atoms with Crippen LogP contribution in [0.4, 0.5) is 0 Å². The van der Waals surface area contributed by atoms with Crippen molar-refractivity contribution in [3.05, 3.63) is 58.8 Å². The van der Waals surface area contributed by atoms with E-state index in [1.54, 1.807) is 18.4 Å². The number of hydrogen-bond donors (Lipinski definition) is 0. The fourth-order valence-corrected chi connectivity index (χ4v) is 3.52. The highest BCUT2D eigenvalue weighted by atomic mass is 32.1. The molecule has 0 fully saturated rings. The number of pyridine rings is 1. The summed E-state index contributed by atoms with van der Waals surface area (Å²) in [6.45, 7) is 0. The molecule has 0 aliphatic carbocycles. The zero-order chi connectivity index (χ0) is 14.4. The number of aromatic nitrogens is 1. The molecular formula is C17H11NO2S. The van der Waals surface area contributed by atoms with Gasteiger partial charge in [-0.2, -0.15) is 0 Å². The molecule has 4 rings (SSSR count). The molecule has 0 aliphatic rings. The van der Waals surface area contributed by atoms with Crippen LogP contribution in [0.15, 0.2) is 53.3 Å². The Balaban J connectivity index is 2.17. The van der Waals surface area contributed by atoms with Crippen LogP contribution in [-0.2, 0) is 0 Å². The van der Waals surface area contributed by atoms with Crippen molar-refractivity contribution in [2.24, 2.45) is 0 Å². The van der Waals surface area contributed by atoms with Gasteiger partial charge in [-0.3, -0.25) is 4.79 Å². The first-order valence-corrected chi connectivity index (χ1v) is 7.38. The Morgan fingerprint density at radius 3 is 2.76 bits per heavy atom. The summed E-state index contributed by atoms with van der Waals surface area (Å²) in [5, 5.41) is 2.38. The number of rotatable bonds is 1. The molecule has 3 nitrogen and oxygen atoms in total. The summed E-state index contributed by atoms with van der Waals surface area (Å²) in [6.07, 6.45) is 0. The van der Waals surface area contributed by atoms with E-state index >= 15 is 0 Å². The summed E-state index contributed by atoms with van der Waals surface area (Å²) in [4.78, 5) is 18.0. The summed E-state index contributed by atoms with van der Waals surface area (Å²) in [6, 6.07) is 15.3. The lowest BCUT2D eigenvalue weighted by molar-refractivity contribution is 0.415. The normalized spacial score (nSPS) is 11.3. The Labute approximate surface area is 124 Å². The SMILES string of the molecule is COc1ccc2cc3c(=O)c4ccccc4sc3nc2c1. The first-order chi connectivity index (χ1) is 10.3. The smallest absolute Gasteiger partial charge is 0.197 e. The minimum absolute atomic E-state index is 0.0459. The molecule has 4 heteroatoms. The number of methoxy groups -OCH3 is 1. The molecule has 0 N–H and O–H groups in total. The van der Waals surface area contributed by atoms with E-state index in [1.807, 2.05) is 48.5 Å². The van der Waals surface area contributed by atoms with Gasteiger partial charge in [0.05, 0.1) is 18.0 Å². The molecule has 0 spiro atoms. The van der Waals surface area contributed by atoms with Gasteiger partial charge in [0.1, 0.15) is 10.6 Å². The molecule has 0 atom stereocenters. The number of nitrogens with zero attached hydrogens (tertiary/aromatic N) is 1. The van der Waals surface area contributed by atoms with Crippen molar-refractivity contribution in [3.8, 4) is 5.75 Å². The monoisotopic (exact) mass is 293 g/mol. The van der Waals surface area contributed by atoms with Crippen molar-refractivity contribution in [3.63, 3.8) is 0 Å². The Hall–Kier alpha value is -2.46. The summed E-state index contributed by atoms with van der Waals surface area (Å²) < 4.78 is 6.19. The fourth-order valence-electron chi connectivity index (χ4n) is 2.49. The van der Waals surface area contributed by atoms with Crippen LogP contribution in [0.3, 0.4) is 0 Å². The maximum Gasteiger partial charge on any atom is 0.197 e. The largest absolute Gasteiger partial charge is 0.497 e. The van der Waals surface area contributed by atoms with E-state index in [0.717, 1.165) is 31.6 Å². The lowest BCUT2D eigenvalue weighted by Gasteiger charge is -2.04. The molecule has 2 heterocycles. The van der Waals surface area contributed by atoms with E-state index in [-0.39, 0.29) is 5.43 Å². The Morgan fingerprint density at radius 1 is 1.05 bits per heavy atom. The van der Waals surface area contributed by atoms with E-state index in [2.05, 4.69) is 4.98 Å². The maximum absolute atomic E-state index is 12.6. The number of benzene rings is 2. The number of fused-ring (bicyclic) bond motifs is 3. The first kappa shape index (κ1) is 12.3. The van der Waals surface area contributed by atoms with Gasteiger partial charge in [-0.25, -0.2) is 4.98 Å². The Kier molecular flexibility index (Phi) is 2.65. The van der Waals surface area contributed by atoms with Crippen molar-refractivity contribution in [1.29, 1.82) is 0 Å². The van der Waals surface area contributed by atoms with Gasteiger partial charge in [-0.05, 0) is 30.3 Å². The van der Waals surface area contributed by atoms with Gasteiger partial charge < -0.3 is 4.74 Å². The standard InChI is InChI=1S/C17H11NO2S/c1-20-11-7-6-10-8-13-16(19)12-4-2-3-5-15(12)21-17(13)18-14(10)9-11/h2-9H,1H3. The molecule has 0 amide bonds. The van der Waals surface area contributed by atoms with Gasteiger partial charge in [0, 0.05) is 21.5 Å². The van der Waals surface area contributed by atoms with Gasteiger partial charge in [0.25, 0.3) is 0 Å². The van der Waals surface area contributed by atoms with E-state index < -0.39 is 0 Å². The molecule has 0 saturated heterocycles. The molecule has 0 bridgehead atoms. The second-order valence-electron chi connectivity index (χ2n) is 4.83. The van der Waals surface area contributed by atoms with Crippen LogP contribution in [0.1, 0.15) is 0 Å². The van der Waals surface area contributed by atoms with Crippen LogP contribution < -0.4 is 10.2 Å². The van der Waals surface area contributed by atoms with Gasteiger partial charge in [-0.15, -0.1) is 11.3 Å². The number of ether oxygens (including phenoxy) is 1. The van der Waals surface area contributed by atoms with Crippen molar-refractivity contribution in [2.75, 3.05) is 7.11 Å². The average molecular weight is 293 g/mol. The van der Waals surface area contributed by atoms with Crippen LogP contribution in [-0.4, -0.2) is 12.1 Å². The minimum atomic E-state index is 0.0459. The van der Waals surface area contributed by atoms with Gasteiger partial charge in [0.2, 0.25) is 0 Å². The lowest BCUT2D eigenvalue weighted by Crippen LogP contribution is -2.01. The van der Waals surface area contributed by atoms with Gasteiger partial charge in [-0.1, -0.05) is 12.1 Å². The molecule has 4 aromatic rings. The summed E-state index contributed by atoms with van der Waals surface area (Å²) in [5.41, 5.74) is 0.886. The van der Waals surface area contributed by atoms with Crippen LogP contribution in [0.25, 0.3) is 31.2 Å². The molecule has 0 aliphatic heterocycles. The second-order valence-corrected chi connectivity index (χ2v) is 5.86. The molecule has 0 saturated carbocycles.